The molecule has 0 radical (unpaired) electrons. The number of aryl methyl sites for hydroxylation is 1. The zero-order chi connectivity index (χ0) is 21.0. The van der Waals surface area contributed by atoms with Crippen LogP contribution in [0.15, 0.2) is 36.3 Å². The number of ether oxygens (including phenoxy) is 4. The number of carbonyl (C=O) groups is 2. The first kappa shape index (κ1) is 21.4. The van der Waals surface area contributed by atoms with Crippen molar-refractivity contribution >= 4 is 11.8 Å². The van der Waals surface area contributed by atoms with E-state index in [1.54, 1.807) is 6.92 Å². The fourth-order valence-corrected chi connectivity index (χ4v) is 3.65. The van der Waals surface area contributed by atoms with E-state index in [1.807, 2.05) is 45.0 Å². The van der Waals surface area contributed by atoms with Gasteiger partial charge in [-0.2, -0.15) is 0 Å². The van der Waals surface area contributed by atoms with Gasteiger partial charge in [-0.05, 0) is 50.3 Å². The van der Waals surface area contributed by atoms with Crippen LogP contribution in [-0.4, -0.2) is 36.7 Å². The van der Waals surface area contributed by atoms with Gasteiger partial charge in [0, 0.05) is 6.42 Å². The van der Waals surface area contributed by atoms with E-state index in [9.17, 15) is 9.59 Å². The zero-order valence-corrected chi connectivity index (χ0v) is 17.6. The van der Waals surface area contributed by atoms with Crippen LogP contribution < -0.4 is 4.74 Å². The van der Waals surface area contributed by atoms with Crippen molar-refractivity contribution in [3.05, 3.63) is 41.9 Å². The second kappa shape index (κ2) is 9.44. The van der Waals surface area contributed by atoms with Crippen molar-refractivity contribution in [3.8, 4) is 5.75 Å². The molecule has 1 fully saturated rings. The number of esters is 1. The van der Waals surface area contributed by atoms with Crippen molar-refractivity contribution in [2.45, 2.75) is 65.3 Å². The highest BCUT2D eigenvalue weighted by Crippen LogP contribution is 2.35. The van der Waals surface area contributed by atoms with E-state index in [-0.39, 0.29) is 41.6 Å². The van der Waals surface area contributed by atoms with E-state index in [0.717, 1.165) is 5.56 Å². The molecule has 1 aromatic carbocycles. The number of ketones is 1. The summed E-state index contributed by atoms with van der Waals surface area (Å²) in [6.45, 7) is 8.03. The van der Waals surface area contributed by atoms with Gasteiger partial charge in [-0.15, -0.1) is 0 Å². The molecule has 0 bridgehead atoms. The number of benzene rings is 1. The number of rotatable bonds is 7. The lowest BCUT2D eigenvalue weighted by Gasteiger charge is -2.37. The first-order valence-corrected chi connectivity index (χ1v) is 10.3. The highest BCUT2D eigenvalue weighted by molar-refractivity contribution is 5.96. The second-order valence-corrected chi connectivity index (χ2v) is 8.28. The summed E-state index contributed by atoms with van der Waals surface area (Å²) in [7, 11) is 0. The molecule has 158 valence electrons. The molecule has 1 saturated carbocycles. The highest BCUT2D eigenvalue weighted by atomic mass is 16.6. The van der Waals surface area contributed by atoms with Crippen molar-refractivity contribution in [1.29, 1.82) is 0 Å². The van der Waals surface area contributed by atoms with E-state index in [0.29, 0.717) is 31.6 Å². The first-order valence-electron chi connectivity index (χ1n) is 10.3. The van der Waals surface area contributed by atoms with Gasteiger partial charge in [-0.25, -0.2) is 4.79 Å². The SMILES string of the molecule is Cc1cccc(OC2=COC3CC(OC(C)C(=O)OCC(C)C)CCC3C2=O)c1. The summed E-state index contributed by atoms with van der Waals surface area (Å²) in [6.07, 6.45) is 2.27. The lowest BCUT2D eigenvalue weighted by atomic mass is 9.80. The minimum Gasteiger partial charge on any atom is -0.493 e. The standard InChI is InChI=1S/C23H30O6/c1-14(2)12-27-23(25)16(4)28-18-8-9-19-20(11-18)26-13-21(22(19)24)29-17-7-5-6-15(3)10-17/h5-7,10,13-14,16,18-20H,8-9,11-12H2,1-4H3. The molecule has 1 aliphatic heterocycles. The number of allylic oxidation sites excluding steroid dienone is 1. The Morgan fingerprint density at radius 3 is 2.76 bits per heavy atom. The van der Waals surface area contributed by atoms with Gasteiger partial charge in [0.15, 0.2) is 6.10 Å². The number of hydrogen-bond acceptors (Lipinski definition) is 6. The van der Waals surface area contributed by atoms with Crippen LogP contribution in [0.2, 0.25) is 0 Å². The molecule has 1 aromatic rings. The maximum absolute atomic E-state index is 12.8. The van der Waals surface area contributed by atoms with Gasteiger partial charge in [0.05, 0.1) is 18.6 Å². The summed E-state index contributed by atoms with van der Waals surface area (Å²) < 4.78 is 22.7. The van der Waals surface area contributed by atoms with Crippen molar-refractivity contribution in [2.75, 3.05) is 6.61 Å². The molecule has 4 unspecified atom stereocenters. The Balaban J connectivity index is 1.55. The third-order valence-corrected chi connectivity index (χ3v) is 5.18. The Morgan fingerprint density at radius 2 is 2.03 bits per heavy atom. The van der Waals surface area contributed by atoms with Gasteiger partial charge in [-0.3, -0.25) is 4.79 Å². The first-order chi connectivity index (χ1) is 13.8. The van der Waals surface area contributed by atoms with Crippen molar-refractivity contribution in [2.24, 2.45) is 11.8 Å². The second-order valence-electron chi connectivity index (χ2n) is 8.28. The number of Topliss-reactive ketones (excluding diaryl/α,β-unsaturated/α-hetero) is 1. The Kier molecular flexibility index (Phi) is 6.96. The van der Waals surface area contributed by atoms with Gasteiger partial charge in [0.2, 0.25) is 11.5 Å². The van der Waals surface area contributed by atoms with Crippen molar-refractivity contribution < 1.29 is 28.5 Å². The minimum absolute atomic E-state index is 0.0365. The Bertz CT molecular complexity index is 768. The van der Waals surface area contributed by atoms with Crippen LogP contribution >= 0.6 is 0 Å². The van der Waals surface area contributed by atoms with E-state index >= 15 is 0 Å². The fourth-order valence-electron chi connectivity index (χ4n) is 3.65. The van der Waals surface area contributed by atoms with Crippen molar-refractivity contribution in [1.82, 2.24) is 0 Å². The molecular formula is C23H30O6. The maximum atomic E-state index is 12.8. The molecule has 2 aliphatic rings. The Morgan fingerprint density at radius 1 is 1.24 bits per heavy atom. The molecule has 0 saturated heterocycles. The molecule has 6 heteroatoms. The van der Waals surface area contributed by atoms with Crippen LogP contribution in [0.4, 0.5) is 0 Å². The lowest BCUT2D eigenvalue weighted by Crippen LogP contribution is -2.43. The number of hydrogen-bond donors (Lipinski definition) is 0. The largest absolute Gasteiger partial charge is 0.493 e. The van der Waals surface area contributed by atoms with Gasteiger partial charge in [0.25, 0.3) is 0 Å². The maximum Gasteiger partial charge on any atom is 0.334 e. The van der Waals surface area contributed by atoms with Crippen LogP contribution in [0.1, 0.15) is 45.6 Å². The molecule has 6 nitrogen and oxygen atoms in total. The number of fused-ring (bicyclic) bond motifs is 1. The fraction of sp³-hybridized carbons (Fsp3) is 0.565. The Hall–Kier alpha value is -2.34. The van der Waals surface area contributed by atoms with Crippen LogP contribution in [0.5, 0.6) is 5.75 Å². The van der Waals surface area contributed by atoms with E-state index in [2.05, 4.69) is 0 Å². The van der Waals surface area contributed by atoms with Gasteiger partial charge < -0.3 is 18.9 Å². The molecule has 0 N–H and O–H groups in total. The van der Waals surface area contributed by atoms with E-state index in [1.165, 1.54) is 6.26 Å². The molecular weight excluding hydrogens is 372 g/mol. The summed E-state index contributed by atoms with van der Waals surface area (Å²) in [5.41, 5.74) is 1.06. The summed E-state index contributed by atoms with van der Waals surface area (Å²) in [5, 5.41) is 0. The summed E-state index contributed by atoms with van der Waals surface area (Å²) >= 11 is 0. The Labute approximate surface area is 172 Å². The monoisotopic (exact) mass is 402 g/mol. The number of carbonyl (C=O) groups excluding carboxylic acids is 2. The smallest absolute Gasteiger partial charge is 0.334 e. The molecule has 1 heterocycles. The third-order valence-electron chi connectivity index (χ3n) is 5.18. The van der Waals surface area contributed by atoms with Crippen LogP contribution in [-0.2, 0) is 23.8 Å². The van der Waals surface area contributed by atoms with Crippen molar-refractivity contribution in [3.63, 3.8) is 0 Å². The third kappa shape index (κ3) is 5.60. The van der Waals surface area contributed by atoms with Gasteiger partial charge >= 0.3 is 5.97 Å². The van der Waals surface area contributed by atoms with Gasteiger partial charge in [-0.1, -0.05) is 26.0 Å². The molecule has 1 aliphatic carbocycles. The zero-order valence-electron chi connectivity index (χ0n) is 17.6. The minimum atomic E-state index is -0.634. The van der Waals surface area contributed by atoms with E-state index < -0.39 is 6.10 Å². The summed E-state index contributed by atoms with van der Waals surface area (Å²) in [4.78, 5) is 24.9. The molecule has 0 aromatic heterocycles. The highest BCUT2D eigenvalue weighted by Gasteiger charge is 2.42. The predicted octanol–water partition coefficient (Wildman–Crippen LogP) is 3.96. The summed E-state index contributed by atoms with van der Waals surface area (Å²) in [6, 6.07) is 7.55. The molecule has 29 heavy (non-hydrogen) atoms. The van der Waals surface area contributed by atoms with E-state index in [4.69, 9.17) is 18.9 Å². The molecule has 0 spiro atoms. The topological polar surface area (TPSA) is 71.1 Å². The van der Waals surface area contributed by atoms with Gasteiger partial charge in [0.1, 0.15) is 18.1 Å². The van der Waals surface area contributed by atoms with Crippen LogP contribution in [0.25, 0.3) is 0 Å². The normalized spacial score (nSPS) is 24.9. The average molecular weight is 402 g/mol. The van der Waals surface area contributed by atoms with Crippen LogP contribution in [0.3, 0.4) is 0 Å². The lowest BCUT2D eigenvalue weighted by molar-refractivity contribution is -0.165. The quantitative estimate of drug-likeness (QED) is 0.643. The molecule has 0 amide bonds. The average Bonchev–Trinajstić information content (AvgIpc) is 2.68. The van der Waals surface area contributed by atoms with Crippen LogP contribution in [0, 0.1) is 18.8 Å². The summed E-state index contributed by atoms with van der Waals surface area (Å²) in [5.74, 6) is 0.508. The predicted molar refractivity (Wildman–Crippen MR) is 107 cm³/mol. The molecule has 4 atom stereocenters. The molecule has 3 rings (SSSR count).